The number of hydrogen-bond acceptors (Lipinski definition) is 0. The second-order valence-electron chi connectivity index (χ2n) is 2.79. The Labute approximate surface area is 63.6 Å². The Hall–Kier alpha value is 0.290. The zero-order valence-electron chi connectivity index (χ0n) is 6.52. The zero-order chi connectivity index (χ0) is 7.28. The van der Waals surface area contributed by atoms with Crippen molar-refractivity contribution in [2.45, 2.75) is 39.0 Å². The Kier molecular flexibility index (Phi) is 5.27. The molecule has 0 rings (SSSR count). The predicted octanol–water partition coefficient (Wildman–Crippen LogP) is 3.25. The average Bonchev–Trinajstić information content (AvgIpc) is 1.63. The summed E-state index contributed by atoms with van der Waals surface area (Å²) in [6.45, 7) is 6.51. The summed E-state index contributed by atoms with van der Waals surface area (Å²) in [7, 11) is 0. The summed E-state index contributed by atoms with van der Waals surface area (Å²) in [4.78, 5) is 0. The molecule has 0 aromatic rings. The van der Waals surface area contributed by atoms with Gasteiger partial charge in [0.25, 0.3) is 0 Å². The highest BCUT2D eigenvalue weighted by Gasteiger charge is 2.04. The van der Waals surface area contributed by atoms with Crippen LogP contribution >= 0.6 is 11.6 Å². The molecule has 0 fully saturated rings. The van der Waals surface area contributed by atoms with Gasteiger partial charge < -0.3 is 0 Å². The molecule has 0 saturated carbocycles. The number of hydrogen-bond donors (Lipinski definition) is 0. The number of alkyl halides is 1. The van der Waals surface area contributed by atoms with Gasteiger partial charge in [0, 0.05) is 5.38 Å². The Morgan fingerprint density at radius 3 is 2.33 bits per heavy atom. The molecule has 1 radical (unpaired) electrons. The quantitative estimate of drug-likeness (QED) is 0.536. The Morgan fingerprint density at radius 2 is 2.00 bits per heavy atom. The average molecular weight is 148 g/mol. The molecule has 0 heterocycles. The molecule has 1 heteroatoms. The Balaban J connectivity index is 3.15. The van der Waals surface area contributed by atoms with Crippen molar-refractivity contribution >= 4 is 11.6 Å². The molecular weight excluding hydrogens is 132 g/mol. The Morgan fingerprint density at radius 1 is 1.44 bits per heavy atom. The molecular formula is C8H16Cl. The van der Waals surface area contributed by atoms with E-state index in [4.69, 9.17) is 11.6 Å². The summed E-state index contributed by atoms with van der Waals surface area (Å²) in [5.41, 5.74) is 0. The molecule has 0 aliphatic rings. The normalized spacial score (nSPS) is 14.3. The monoisotopic (exact) mass is 147 g/mol. The van der Waals surface area contributed by atoms with Gasteiger partial charge in [0.2, 0.25) is 0 Å². The summed E-state index contributed by atoms with van der Waals surface area (Å²) >= 11 is 5.92. The first-order chi connectivity index (χ1) is 4.16. The maximum atomic E-state index is 5.92. The van der Waals surface area contributed by atoms with Gasteiger partial charge in [0.15, 0.2) is 0 Å². The topological polar surface area (TPSA) is 0 Å². The van der Waals surface area contributed by atoms with Crippen molar-refractivity contribution in [3.05, 3.63) is 6.42 Å². The molecule has 0 aromatic carbocycles. The zero-order valence-corrected chi connectivity index (χ0v) is 7.28. The molecule has 55 valence electrons. The fourth-order valence-corrected chi connectivity index (χ4v) is 1.34. The third-order valence-electron chi connectivity index (χ3n) is 1.19. The van der Waals surface area contributed by atoms with Crippen molar-refractivity contribution in [1.29, 1.82) is 0 Å². The summed E-state index contributed by atoms with van der Waals surface area (Å²) in [6.07, 6.45) is 4.35. The first kappa shape index (κ1) is 9.29. The van der Waals surface area contributed by atoms with Crippen LogP contribution in [-0.4, -0.2) is 5.38 Å². The van der Waals surface area contributed by atoms with Crippen molar-refractivity contribution in [3.8, 4) is 0 Å². The molecule has 0 amide bonds. The minimum atomic E-state index is 0.287. The van der Waals surface area contributed by atoms with Crippen molar-refractivity contribution in [3.63, 3.8) is 0 Å². The largest absolute Gasteiger partial charge is 0.123 e. The van der Waals surface area contributed by atoms with E-state index < -0.39 is 0 Å². The van der Waals surface area contributed by atoms with E-state index in [1.807, 2.05) is 0 Å². The molecule has 0 bridgehead atoms. The standard InChI is InChI=1S/C8H16Cl/c1-4-5-8(9)6-7(2)3/h5,7-8H,4,6H2,1-3H3. The maximum absolute atomic E-state index is 5.92. The second-order valence-corrected chi connectivity index (χ2v) is 3.35. The van der Waals surface area contributed by atoms with Crippen molar-refractivity contribution < 1.29 is 0 Å². The molecule has 9 heavy (non-hydrogen) atoms. The van der Waals surface area contributed by atoms with Gasteiger partial charge in [0.05, 0.1) is 0 Å². The lowest BCUT2D eigenvalue weighted by molar-refractivity contribution is 0.582. The van der Waals surface area contributed by atoms with Gasteiger partial charge in [-0.05, 0) is 18.8 Å². The highest BCUT2D eigenvalue weighted by Crippen LogP contribution is 2.13. The van der Waals surface area contributed by atoms with Crippen LogP contribution in [0.4, 0.5) is 0 Å². The van der Waals surface area contributed by atoms with E-state index in [0.717, 1.165) is 18.8 Å². The van der Waals surface area contributed by atoms with Crippen molar-refractivity contribution in [1.82, 2.24) is 0 Å². The van der Waals surface area contributed by atoms with Gasteiger partial charge in [-0.1, -0.05) is 27.2 Å². The van der Waals surface area contributed by atoms with Gasteiger partial charge in [0.1, 0.15) is 0 Å². The molecule has 0 nitrogen and oxygen atoms in total. The summed E-state index contributed by atoms with van der Waals surface area (Å²) in [5, 5.41) is 0.287. The predicted molar refractivity (Wildman–Crippen MR) is 43.7 cm³/mol. The van der Waals surface area contributed by atoms with Crippen molar-refractivity contribution in [2.24, 2.45) is 5.92 Å². The fraction of sp³-hybridized carbons (Fsp3) is 0.875. The first-order valence-corrected chi connectivity index (χ1v) is 4.07. The SMILES string of the molecule is CC[CH]C(Cl)CC(C)C. The van der Waals surface area contributed by atoms with Crippen LogP contribution in [0.15, 0.2) is 0 Å². The number of rotatable bonds is 4. The van der Waals surface area contributed by atoms with Crippen LogP contribution in [0, 0.1) is 12.3 Å². The third-order valence-corrected chi connectivity index (χ3v) is 1.54. The molecule has 0 N–H and O–H groups in total. The second kappa shape index (κ2) is 5.10. The van der Waals surface area contributed by atoms with Crippen LogP contribution < -0.4 is 0 Å². The van der Waals surface area contributed by atoms with E-state index in [1.165, 1.54) is 0 Å². The lowest BCUT2D eigenvalue weighted by Gasteiger charge is -2.09. The minimum Gasteiger partial charge on any atom is -0.123 e. The van der Waals surface area contributed by atoms with Gasteiger partial charge in [-0.2, -0.15) is 0 Å². The van der Waals surface area contributed by atoms with E-state index in [9.17, 15) is 0 Å². The van der Waals surface area contributed by atoms with Gasteiger partial charge in [-0.3, -0.25) is 0 Å². The van der Waals surface area contributed by atoms with Crippen LogP contribution in [-0.2, 0) is 0 Å². The molecule has 0 aliphatic carbocycles. The molecule has 0 aliphatic heterocycles. The van der Waals surface area contributed by atoms with Crippen LogP contribution in [0.2, 0.25) is 0 Å². The van der Waals surface area contributed by atoms with Gasteiger partial charge >= 0.3 is 0 Å². The first-order valence-electron chi connectivity index (χ1n) is 3.64. The molecule has 0 spiro atoms. The van der Waals surface area contributed by atoms with E-state index in [2.05, 4.69) is 27.2 Å². The number of halogens is 1. The third kappa shape index (κ3) is 6.17. The van der Waals surface area contributed by atoms with Crippen molar-refractivity contribution in [2.75, 3.05) is 0 Å². The summed E-state index contributed by atoms with van der Waals surface area (Å²) < 4.78 is 0. The van der Waals surface area contributed by atoms with Crippen LogP contribution in [0.1, 0.15) is 33.6 Å². The van der Waals surface area contributed by atoms with Crippen LogP contribution in [0.5, 0.6) is 0 Å². The lowest BCUT2D eigenvalue weighted by Crippen LogP contribution is -2.02. The smallest absolute Gasteiger partial charge is 0.0369 e. The molecule has 0 saturated heterocycles. The van der Waals surface area contributed by atoms with E-state index >= 15 is 0 Å². The van der Waals surface area contributed by atoms with E-state index in [0.29, 0.717) is 0 Å². The van der Waals surface area contributed by atoms with Gasteiger partial charge in [-0.15, -0.1) is 11.6 Å². The minimum absolute atomic E-state index is 0.287. The molecule has 1 atom stereocenters. The molecule has 0 aromatic heterocycles. The molecule has 1 unspecified atom stereocenters. The van der Waals surface area contributed by atoms with Gasteiger partial charge in [-0.25, -0.2) is 0 Å². The highest BCUT2D eigenvalue weighted by atomic mass is 35.5. The fourth-order valence-electron chi connectivity index (χ4n) is 0.802. The van der Waals surface area contributed by atoms with Crippen LogP contribution in [0.25, 0.3) is 0 Å². The van der Waals surface area contributed by atoms with Crippen LogP contribution in [0.3, 0.4) is 0 Å². The lowest BCUT2D eigenvalue weighted by atomic mass is 10.1. The highest BCUT2D eigenvalue weighted by molar-refractivity contribution is 6.21. The maximum Gasteiger partial charge on any atom is 0.0369 e. The summed E-state index contributed by atoms with van der Waals surface area (Å²) in [5.74, 6) is 0.718. The van der Waals surface area contributed by atoms with E-state index in [1.54, 1.807) is 0 Å². The van der Waals surface area contributed by atoms with E-state index in [-0.39, 0.29) is 5.38 Å². The Bertz CT molecular complexity index is 59.6. The summed E-state index contributed by atoms with van der Waals surface area (Å²) in [6, 6.07) is 0.